The number of hydrazine groups is 1. The van der Waals surface area contributed by atoms with Crippen LogP contribution in [0.25, 0.3) is 0 Å². The van der Waals surface area contributed by atoms with Gasteiger partial charge in [0.05, 0.1) is 5.69 Å². The molecule has 0 radical (unpaired) electrons. The van der Waals surface area contributed by atoms with E-state index in [2.05, 4.69) is 10.9 Å². The van der Waals surface area contributed by atoms with Crippen molar-refractivity contribution in [3.8, 4) is 0 Å². The molecule has 86 valence electrons. The monoisotopic (exact) mass is 218 g/mol. The predicted octanol–water partition coefficient (Wildman–Crippen LogP) is 2.71. The lowest BCUT2D eigenvalue weighted by Crippen LogP contribution is -2.35. The summed E-state index contributed by atoms with van der Waals surface area (Å²) in [7, 11) is 0. The second-order valence-corrected chi connectivity index (χ2v) is 4.32. The van der Waals surface area contributed by atoms with Crippen molar-refractivity contribution < 1.29 is 4.79 Å². The number of benzene rings is 1. The first-order valence-corrected chi connectivity index (χ1v) is 5.97. The van der Waals surface area contributed by atoms with E-state index >= 15 is 0 Å². The van der Waals surface area contributed by atoms with Gasteiger partial charge in [-0.3, -0.25) is 15.6 Å². The Morgan fingerprint density at radius 2 is 1.75 bits per heavy atom. The van der Waals surface area contributed by atoms with Crippen molar-refractivity contribution in [2.75, 3.05) is 5.43 Å². The van der Waals surface area contributed by atoms with Crippen LogP contribution in [0.5, 0.6) is 0 Å². The number of carbonyl (C=O) groups is 1. The van der Waals surface area contributed by atoms with Gasteiger partial charge >= 0.3 is 0 Å². The maximum Gasteiger partial charge on any atom is 0.241 e. The van der Waals surface area contributed by atoms with Crippen LogP contribution in [0.1, 0.15) is 32.1 Å². The molecular formula is C13H18N2O. The molecule has 3 heteroatoms. The number of rotatable bonds is 3. The van der Waals surface area contributed by atoms with E-state index in [4.69, 9.17) is 0 Å². The Balaban J connectivity index is 1.79. The highest BCUT2D eigenvalue weighted by molar-refractivity contribution is 5.79. The molecule has 1 aliphatic rings. The summed E-state index contributed by atoms with van der Waals surface area (Å²) < 4.78 is 0. The molecule has 0 atom stereocenters. The van der Waals surface area contributed by atoms with E-state index in [1.807, 2.05) is 30.3 Å². The molecule has 1 aliphatic carbocycles. The van der Waals surface area contributed by atoms with Gasteiger partial charge in [-0.25, -0.2) is 0 Å². The van der Waals surface area contributed by atoms with E-state index in [0.717, 1.165) is 18.5 Å². The van der Waals surface area contributed by atoms with E-state index in [1.165, 1.54) is 19.3 Å². The zero-order chi connectivity index (χ0) is 11.2. The van der Waals surface area contributed by atoms with Crippen LogP contribution in [0, 0.1) is 5.92 Å². The molecule has 1 aromatic rings. The standard InChI is InChI=1S/C13H18N2O/c16-13(11-7-3-1-4-8-11)15-14-12-9-5-2-6-10-12/h2,5-6,9-11,14H,1,3-4,7-8H2,(H,15,16). The molecule has 0 aliphatic heterocycles. The molecule has 0 heterocycles. The molecule has 3 nitrogen and oxygen atoms in total. The molecule has 1 saturated carbocycles. The van der Waals surface area contributed by atoms with Gasteiger partial charge in [0, 0.05) is 5.92 Å². The Bertz CT molecular complexity index is 331. The summed E-state index contributed by atoms with van der Waals surface area (Å²) in [4.78, 5) is 11.8. The third kappa shape index (κ3) is 2.99. The summed E-state index contributed by atoms with van der Waals surface area (Å²) in [5.74, 6) is 0.327. The van der Waals surface area contributed by atoms with Gasteiger partial charge in [0.1, 0.15) is 0 Å². The largest absolute Gasteiger partial charge is 0.299 e. The number of para-hydroxylation sites is 1. The smallest absolute Gasteiger partial charge is 0.241 e. The summed E-state index contributed by atoms with van der Waals surface area (Å²) in [5, 5.41) is 0. The van der Waals surface area contributed by atoms with Crippen LogP contribution >= 0.6 is 0 Å². The van der Waals surface area contributed by atoms with Gasteiger partial charge in [-0.05, 0) is 25.0 Å². The third-order valence-corrected chi connectivity index (χ3v) is 3.08. The average molecular weight is 218 g/mol. The molecule has 0 saturated heterocycles. The first-order valence-electron chi connectivity index (χ1n) is 5.97. The second kappa shape index (κ2) is 5.54. The van der Waals surface area contributed by atoms with Crippen LogP contribution < -0.4 is 10.9 Å². The van der Waals surface area contributed by atoms with Gasteiger partial charge < -0.3 is 0 Å². The lowest BCUT2D eigenvalue weighted by molar-refractivity contribution is -0.125. The van der Waals surface area contributed by atoms with Crippen LogP contribution in [-0.2, 0) is 4.79 Å². The van der Waals surface area contributed by atoms with Crippen molar-refractivity contribution in [1.29, 1.82) is 0 Å². The van der Waals surface area contributed by atoms with Crippen LogP contribution in [0.15, 0.2) is 30.3 Å². The highest BCUT2D eigenvalue weighted by Gasteiger charge is 2.20. The molecule has 16 heavy (non-hydrogen) atoms. The van der Waals surface area contributed by atoms with Crippen molar-refractivity contribution in [3.05, 3.63) is 30.3 Å². The van der Waals surface area contributed by atoms with Gasteiger partial charge in [0.2, 0.25) is 5.91 Å². The van der Waals surface area contributed by atoms with E-state index in [9.17, 15) is 4.79 Å². The minimum absolute atomic E-state index is 0.128. The van der Waals surface area contributed by atoms with Crippen LogP contribution in [0.3, 0.4) is 0 Å². The number of anilines is 1. The van der Waals surface area contributed by atoms with Crippen molar-refractivity contribution >= 4 is 11.6 Å². The molecule has 0 spiro atoms. The van der Waals surface area contributed by atoms with E-state index in [0.29, 0.717) is 0 Å². The molecular weight excluding hydrogens is 200 g/mol. The average Bonchev–Trinajstić information content (AvgIpc) is 2.38. The third-order valence-electron chi connectivity index (χ3n) is 3.08. The van der Waals surface area contributed by atoms with Crippen LogP contribution in [0.4, 0.5) is 5.69 Å². The van der Waals surface area contributed by atoms with Crippen molar-refractivity contribution in [3.63, 3.8) is 0 Å². The number of hydrogen-bond donors (Lipinski definition) is 2. The zero-order valence-corrected chi connectivity index (χ0v) is 9.41. The molecule has 2 N–H and O–H groups in total. The molecule has 1 aromatic carbocycles. The van der Waals surface area contributed by atoms with Crippen LogP contribution in [-0.4, -0.2) is 5.91 Å². The van der Waals surface area contributed by atoms with Gasteiger partial charge in [-0.2, -0.15) is 0 Å². The first kappa shape index (κ1) is 11.0. The molecule has 0 unspecified atom stereocenters. The van der Waals surface area contributed by atoms with E-state index in [1.54, 1.807) is 0 Å². The van der Waals surface area contributed by atoms with Gasteiger partial charge in [0.15, 0.2) is 0 Å². The minimum atomic E-state index is 0.128. The molecule has 2 rings (SSSR count). The lowest BCUT2D eigenvalue weighted by atomic mass is 9.89. The minimum Gasteiger partial charge on any atom is -0.299 e. The van der Waals surface area contributed by atoms with Crippen molar-refractivity contribution in [1.82, 2.24) is 5.43 Å². The predicted molar refractivity (Wildman–Crippen MR) is 64.8 cm³/mol. The molecule has 1 fully saturated rings. The zero-order valence-electron chi connectivity index (χ0n) is 9.41. The summed E-state index contributed by atoms with van der Waals surface area (Å²) in [6, 6.07) is 9.70. The number of amides is 1. The summed E-state index contributed by atoms with van der Waals surface area (Å²) in [6.45, 7) is 0. The number of carbonyl (C=O) groups excluding carboxylic acids is 1. The molecule has 0 aromatic heterocycles. The topological polar surface area (TPSA) is 41.1 Å². The fourth-order valence-electron chi connectivity index (χ4n) is 2.12. The fourth-order valence-corrected chi connectivity index (χ4v) is 2.12. The number of hydrogen-bond acceptors (Lipinski definition) is 2. The van der Waals surface area contributed by atoms with Crippen LogP contribution in [0.2, 0.25) is 0 Å². The Morgan fingerprint density at radius 3 is 2.44 bits per heavy atom. The van der Waals surface area contributed by atoms with Gasteiger partial charge in [0.25, 0.3) is 0 Å². The highest BCUT2D eigenvalue weighted by Crippen LogP contribution is 2.23. The number of nitrogens with one attached hydrogen (secondary N) is 2. The summed E-state index contributed by atoms with van der Waals surface area (Å²) in [5.41, 5.74) is 6.64. The highest BCUT2D eigenvalue weighted by atomic mass is 16.2. The summed E-state index contributed by atoms with van der Waals surface area (Å²) >= 11 is 0. The second-order valence-electron chi connectivity index (χ2n) is 4.32. The van der Waals surface area contributed by atoms with Crippen molar-refractivity contribution in [2.24, 2.45) is 5.92 Å². The van der Waals surface area contributed by atoms with Gasteiger partial charge in [-0.1, -0.05) is 37.5 Å². The van der Waals surface area contributed by atoms with E-state index < -0.39 is 0 Å². The first-order chi connectivity index (χ1) is 7.86. The van der Waals surface area contributed by atoms with Crippen molar-refractivity contribution in [2.45, 2.75) is 32.1 Å². The lowest BCUT2D eigenvalue weighted by Gasteiger charge is -2.21. The quantitative estimate of drug-likeness (QED) is 0.766. The Kier molecular flexibility index (Phi) is 3.81. The Labute approximate surface area is 96.2 Å². The Hall–Kier alpha value is -1.51. The normalized spacial score (nSPS) is 16.8. The van der Waals surface area contributed by atoms with Gasteiger partial charge in [-0.15, -0.1) is 0 Å². The molecule has 1 amide bonds. The Morgan fingerprint density at radius 1 is 1.06 bits per heavy atom. The fraction of sp³-hybridized carbons (Fsp3) is 0.462. The molecule has 0 bridgehead atoms. The summed E-state index contributed by atoms with van der Waals surface area (Å²) in [6.07, 6.45) is 5.70. The van der Waals surface area contributed by atoms with E-state index in [-0.39, 0.29) is 11.8 Å². The maximum absolute atomic E-state index is 11.8. The maximum atomic E-state index is 11.8. The SMILES string of the molecule is O=C(NNc1ccccc1)C1CCCCC1.